The first kappa shape index (κ1) is 12.5. The molecule has 2 rings (SSSR count). The molecule has 0 atom stereocenters. The van der Waals surface area contributed by atoms with Crippen LogP contribution in [0.25, 0.3) is 0 Å². The van der Waals surface area contributed by atoms with Gasteiger partial charge in [0.25, 0.3) is 0 Å². The van der Waals surface area contributed by atoms with E-state index in [1.165, 1.54) is 31.4 Å². The van der Waals surface area contributed by atoms with E-state index in [1.54, 1.807) is 0 Å². The van der Waals surface area contributed by atoms with Crippen molar-refractivity contribution in [3.05, 3.63) is 30.3 Å². The van der Waals surface area contributed by atoms with E-state index < -0.39 is 0 Å². The molecular formula is C16H25N. The molecule has 94 valence electrons. The molecule has 1 aromatic carbocycles. The van der Waals surface area contributed by atoms with E-state index in [1.807, 2.05) is 0 Å². The third-order valence-electron chi connectivity index (χ3n) is 4.10. The Kier molecular flexibility index (Phi) is 3.76. The molecule has 1 N–H and O–H groups in total. The molecule has 0 spiro atoms. The molecular weight excluding hydrogens is 206 g/mol. The van der Waals surface area contributed by atoms with Crippen molar-refractivity contribution < 1.29 is 0 Å². The lowest BCUT2D eigenvalue weighted by atomic mass is 9.71. The molecule has 0 amide bonds. The second-order valence-electron chi connectivity index (χ2n) is 6.42. The third kappa shape index (κ3) is 3.49. The summed E-state index contributed by atoms with van der Waals surface area (Å²) in [5, 5.41) is 3.65. The van der Waals surface area contributed by atoms with Gasteiger partial charge in [0, 0.05) is 11.7 Å². The summed E-state index contributed by atoms with van der Waals surface area (Å²) in [6.07, 6.45) is 5.37. The van der Waals surface area contributed by atoms with Gasteiger partial charge in [-0.2, -0.15) is 0 Å². The quantitative estimate of drug-likeness (QED) is 0.777. The molecule has 0 radical (unpaired) electrons. The summed E-state index contributed by atoms with van der Waals surface area (Å²) in [6.45, 7) is 7.13. The Morgan fingerprint density at radius 3 is 2.06 bits per heavy atom. The number of nitrogens with one attached hydrogen (secondary N) is 1. The van der Waals surface area contributed by atoms with Crippen LogP contribution in [-0.4, -0.2) is 6.04 Å². The normalized spacial score (nSPS) is 25.6. The van der Waals surface area contributed by atoms with Gasteiger partial charge in [0.05, 0.1) is 0 Å². The Balaban J connectivity index is 1.84. The zero-order valence-electron chi connectivity index (χ0n) is 11.4. The minimum Gasteiger partial charge on any atom is -0.382 e. The highest BCUT2D eigenvalue weighted by Gasteiger charge is 2.29. The molecule has 17 heavy (non-hydrogen) atoms. The molecule has 1 aliphatic carbocycles. The molecule has 0 aromatic heterocycles. The number of rotatable bonds is 2. The van der Waals surface area contributed by atoms with Crippen LogP contribution in [0.1, 0.15) is 46.5 Å². The van der Waals surface area contributed by atoms with Crippen LogP contribution in [0.5, 0.6) is 0 Å². The predicted octanol–water partition coefficient (Wildman–Crippen LogP) is 4.70. The third-order valence-corrected chi connectivity index (χ3v) is 4.10. The summed E-state index contributed by atoms with van der Waals surface area (Å²) in [4.78, 5) is 0. The van der Waals surface area contributed by atoms with Crippen molar-refractivity contribution in [3.63, 3.8) is 0 Å². The standard InChI is InChI=1S/C16H25N/c1-16(2,3)13-9-11-15(12-10-13)17-14-7-5-4-6-8-14/h4-8,13,15,17H,9-12H2,1-3H3/t13-,15-. The van der Waals surface area contributed by atoms with Crippen LogP contribution in [-0.2, 0) is 0 Å². The monoisotopic (exact) mass is 231 g/mol. The Bertz CT molecular complexity index is 328. The second kappa shape index (κ2) is 5.12. The number of para-hydroxylation sites is 1. The molecule has 0 heterocycles. The van der Waals surface area contributed by atoms with Crippen LogP contribution in [0, 0.1) is 11.3 Å². The number of benzene rings is 1. The van der Waals surface area contributed by atoms with Crippen molar-refractivity contribution in [1.82, 2.24) is 0 Å². The predicted molar refractivity (Wildman–Crippen MR) is 75.3 cm³/mol. The van der Waals surface area contributed by atoms with Gasteiger partial charge in [0.15, 0.2) is 0 Å². The fraction of sp³-hybridized carbons (Fsp3) is 0.625. The van der Waals surface area contributed by atoms with Gasteiger partial charge < -0.3 is 5.32 Å². The maximum atomic E-state index is 3.65. The Morgan fingerprint density at radius 2 is 1.53 bits per heavy atom. The van der Waals surface area contributed by atoms with Crippen LogP contribution in [0.15, 0.2) is 30.3 Å². The topological polar surface area (TPSA) is 12.0 Å². The second-order valence-corrected chi connectivity index (χ2v) is 6.42. The summed E-state index contributed by atoms with van der Waals surface area (Å²) in [6, 6.07) is 11.3. The summed E-state index contributed by atoms with van der Waals surface area (Å²) in [5.74, 6) is 0.899. The largest absolute Gasteiger partial charge is 0.382 e. The van der Waals surface area contributed by atoms with Crippen molar-refractivity contribution in [1.29, 1.82) is 0 Å². The molecule has 1 heteroatoms. The molecule has 1 saturated carbocycles. The van der Waals surface area contributed by atoms with Gasteiger partial charge in [0.1, 0.15) is 0 Å². The molecule has 0 saturated heterocycles. The SMILES string of the molecule is CC(C)(C)[C@H]1CC[C@H](Nc2ccccc2)CC1. The van der Waals surface area contributed by atoms with Gasteiger partial charge in [-0.3, -0.25) is 0 Å². The highest BCUT2D eigenvalue weighted by Crippen LogP contribution is 2.38. The summed E-state index contributed by atoms with van der Waals surface area (Å²) < 4.78 is 0. The lowest BCUT2D eigenvalue weighted by Gasteiger charge is -2.37. The first-order chi connectivity index (χ1) is 8.05. The van der Waals surface area contributed by atoms with Crippen LogP contribution in [0.4, 0.5) is 5.69 Å². The lowest BCUT2D eigenvalue weighted by molar-refractivity contribution is 0.173. The van der Waals surface area contributed by atoms with Gasteiger partial charge in [0.2, 0.25) is 0 Å². The van der Waals surface area contributed by atoms with E-state index in [4.69, 9.17) is 0 Å². The van der Waals surface area contributed by atoms with Crippen molar-refractivity contribution in [2.24, 2.45) is 11.3 Å². The molecule has 1 aliphatic rings. The summed E-state index contributed by atoms with van der Waals surface area (Å²) in [7, 11) is 0. The van der Waals surface area contributed by atoms with Crippen molar-refractivity contribution in [3.8, 4) is 0 Å². The first-order valence-electron chi connectivity index (χ1n) is 6.87. The van der Waals surface area contributed by atoms with Gasteiger partial charge in [-0.15, -0.1) is 0 Å². The maximum Gasteiger partial charge on any atom is 0.0342 e. The van der Waals surface area contributed by atoms with Gasteiger partial charge in [-0.05, 0) is 49.1 Å². The zero-order valence-corrected chi connectivity index (χ0v) is 11.4. The minimum absolute atomic E-state index is 0.484. The van der Waals surface area contributed by atoms with E-state index in [-0.39, 0.29) is 0 Å². The van der Waals surface area contributed by atoms with Crippen LogP contribution in [0.3, 0.4) is 0 Å². The smallest absolute Gasteiger partial charge is 0.0342 e. The van der Waals surface area contributed by atoms with E-state index >= 15 is 0 Å². The fourth-order valence-corrected chi connectivity index (χ4v) is 2.87. The Hall–Kier alpha value is -0.980. The van der Waals surface area contributed by atoms with Crippen LogP contribution >= 0.6 is 0 Å². The Morgan fingerprint density at radius 1 is 0.941 bits per heavy atom. The maximum absolute atomic E-state index is 3.65. The highest BCUT2D eigenvalue weighted by molar-refractivity contribution is 5.43. The zero-order chi connectivity index (χ0) is 12.3. The molecule has 0 bridgehead atoms. The number of hydrogen-bond donors (Lipinski definition) is 1. The summed E-state index contributed by atoms with van der Waals surface area (Å²) in [5.41, 5.74) is 1.75. The fourth-order valence-electron chi connectivity index (χ4n) is 2.87. The number of anilines is 1. The van der Waals surface area contributed by atoms with E-state index in [2.05, 4.69) is 56.4 Å². The van der Waals surface area contributed by atoms with E-state index in [0.29, 0.717) is 11.5 Å². The van der Waals surface area contributed by atoms with Gasteiger partial charge in [-0.1, -0.05) is 39.0 Å². The first-order valence-corrected chi connectivity index (χ1v) is 6.87. The average Bonchev–Trinajstić information content (AvgIpc) is 2.30. The molecule has 0 aliphatic heterocycles. The molecule has 0 unspecified atom stereocenters. The van der Waals surface area contributed by atoms with Crippen molar-refractivity contribution in [2.45, 2.75) is 52.5 Å². The van der Waals surface area contributed by atoms with Gasteiger partial charge >= 0.3 is 0 Å². The molecule has 1 fully saturated rings. The summed E-state index contributed by atoms with van der Waals surface area (Å²) >= 11 is 0. The van der Waals surface area contributed by atoms with Crippen molar-refractivity contribution in [2.75, 3.05) is 5.32 Å². The van der Waals surface area contributed by atoms with E-state index in [0.717, 1.165) is 5.92 Å². The molecule has 1 nitrogen and oxygen atoms in total. The van der Waals surface area contributed by atoms with Crippen molar-refractivity contribution >= 4 is 5.69 Å². The highest BCUT2D eigenvalue weighted by atomic mass is 14.9. The Labute approximate surface area is 106 Å². The molecule has 1 aromatic rings. The van der Waals surface area contributed by atoms with E-state index in [9.17, 15) is 0 Å². The number of hydrogen-bond acceptors (Lipinski definition) is 1. The van der Waals surface area contributed by atoms with Crippen LogP contribution in [0.2, 0.25) is 0 Å². The lowest BCUT2D eigenvalue weighted by Crippen LogP contribution is -2.31. The van der Waals surface area contributed by atoms with Gasteiger partial charge in [-0.25, -0.2) is 0 Å². The van der Waals surface area contributed by atoms with Crippen LogP contribution < -0.4 is 5.32 Å². The minimum atomic E-state index is 0.484. The average molecular weight is 231 g/mol.